The Morgan fingerprint density at radius 3 is 2.78 bits per heavy atom. The second kappa shape index (κ2) is 8.69. The molecule has 0 atom stereocenters. The average molecular weight is 353 g/mol. The number of nitrogens with one attached hydrogen (secondary N) is 2. The normalized spacial score (nSPS) is 11.4. The summed E-state index contributed by atoms with van der Waals surface area (Å²) in [4.78, 5) is 14.8. The Bertz CT molecular complexity index is 638. The lowest BCUT2D eigenvalue weighted by molar-refractivity contribution is 0.784. The van der Waals surface area contributed by atoms with Gasteiger partial charge in [0.05, 0.1) is 12.2 Å². The maximum atomic E-state index is 5.78. The van der Waals surface area contributed by atoms with Crippen LogP contribution in [0.25, 0.3) is 0 Å². The van der Waals surface area contributed by atoms with E-state index in [9.17, 15) is 0 Å². The van der Waals surface area contributed by atoms with Gasteiger partial charge in [-0.2, -0.15) is 0 Å². The number of aliphatic imine (C=N–C) groups is 1. The van der Waals surface area contributed by atoms with E-state index in [0.29, 0.717) is 11.7 Å². The number of hydrogen-bond acceptors (Lipinski definition) is 5. The highest BCUT2D eigenvalue weighted by Gasteiger charge is 2.04. The van der Waals surface area contributed by atoms with Crippen molar-refractivity contribution in [3.8, 4) is 0 Å². The van der Waals surface area contributed by atoms with Crippen molar-refractivity contribution in [2.75, 3.05) is 32.6 Å². The maximum Gasteiger partial charge on any atom is 0.191 e. The Labute approximate surface area is 145 Å². The molecule has 6 nitrogen and oxygen atoms in total. The van der Waals surface area contributed by atoms with Gasteiger partial charge in [-0.05, 0) is 18.1 Å². The number of pyridine rings is 1. The number of halogens is 1. The van der Waals surface area contributed by atoms with Crippen molar-refractivity contribution in [1.29, 1.82) is 0 Å². The van der Waals surface area contributed by atoms with Crippen LogP contribution < -0.4 is 15.5 Å². The van der Waals surface area contributed by atoms with E-state index < -0.39 is 0 Å². The average Bonchev–Trinajstić information content (AvgIpc) is 3.01. The van der Waals surface area contributed by atoms with Gasteiger partial charge in [0, 0.05) is 39.3 Å². The topological polar surface area (TPSA) is 65.4 Å². The molecule has 0 aliphatic carbocycles. The highest BCUT2D eigenvalue weighted by Crippen LogP contribution is 2.17. The smallest absolute Gasteiger partial charge is 0.191 e. The van der Waals surface area contributed by atoms with Crippen LogP contribution in [0.15, 0.2) is 28.7 Å². The summed E-state index contributed by atoms with van der Waals surface area (Å²) in [6.45, 7) is 1.41. The summed E-state index contributed by atoms with van der Waals surface area (Å²) < 4.78 is 0. The van der Waals surface area contributed by atoms with Crippen LogP contribution in [0.4, 0.5) is 5.13 Å². The number of nitrogens with zero attached hydrogens (tertiary/aromatic N) is 4. The quantitative estimate of drug-likeness (QED) is 0.474. The molecule has 0 saturated carbocycles. The first-order chi connectivity index (χ1) is 11.1. The molecule has 0 radical (unpaired) electrons. The molecule has 0 aromatic carbocycles. The molecule has 2 heterocycles. The summed E-state index contributed by atoms with van der Waals surface area (Å²) in [6.07, 6.45) is 2.64. The third-order valence-electron chi connectivity index (χ3n) is 3.08. The van der Waals surface area contributed by atoms with Gasteiger partial charge in [-0.25, -0.2) is 9.97 Å². The molecular formula is C15H21ClN6S. The Hall–Kier alpha value is -1.86. The fourth-order valence-electron chi connectivity index (χ4n) is 1.86. The Kier molecular flexibility index (Phi) is 6.61. The minimum Gasteiger partial charge on any atom is -0.356 e. The molecule has 0 fully saturated rings. The zero-order chi connectivity index (χ0) is 16.7. The zero-order valence-electron chi connectivity index (χ0n) is 13.5. The molecule has 0 spiro atoms. The van der Waals surface area contributed by atoms with Crippen LogP contribution in [-0.4, -0.2) is 43.6 Å². The minimum atomic E-state index is 0.513. The van der Waals surface area contributed by atoms with E-state index in [-0.39, 0.29) is 0 Å². The molecule has 2 rings (SSSR count). The third kappa shape index (κ3) is 5.69. The molecule has 0 saturated heterocycles. The molecule has 0 bridgehead atoms. The number of hydrogen-bond donors (Lipinski definition) is 2. The van der Waals surface area contributed by atoms with Crippen molar-refractivity contribution in [2.24, 2.45) is 4.99 Å². The summed E-state index contributed by atoms with van der Waals surface area (Å²) in [5.41, 5.74) is 2.14. The van der Waals surface area contributed by atoms with E-state index in [1.165, 1.54) is 0 Å². The van der Waals surface area contributed by atoms with E-state index in [4.69, 9.17) is 11.6 Å². The lowest BCUT2D eigenvalue weighted by atomic mass is 10.2. The predicted molar refractivity (Wildman–Crippen MR) is 97.6 cm³/mol. The van der Waals surface area contributed by atoms with E-state index >= 15 is 0 Å². The second-order valence-electron chi connectivity index (χ2n) is 5.11. The van der Waals surface area contributed by atoms with Crippen molar-refractivity contribution in [3.63, 3.8) is 0 Å². The van der Waals surface area contributed by atoms with Gasteiger partial charge in [-0.15, -0.1) is 11.3 Å². The molecule has 0 aliphatic heterocycles. The second-order valence-corrected chi connectivity index (χ2v) is 6.33. The van der Waals surface area contributed by atoms with E-state index in [1.54, 1.807) is 30.6 Å². The molecular weight excluding hydrogens is 332 g/mol. The minimum absolute atomic E-state index is 0.513. The van der Waals surface area contributed by atoms with Crippen molar-refractivity contribution in [2.45, 2.75) is 13.0 Å². The van der Waals surface area contributed by atoms with Crippen molar-refractivity contribution < 1.29 is 0 Å². The summed E-state index contributed by atoms with van der Waals surface area (Å²) in [6, 6.07) is 3.78. The van der Waals surface area contributed by atoms with Crippen LogP contribution in [0.1, 0.15) is 11.3 Å². The lowest BCUT2D eigenvalue weighted by Gasteiger charge is -2.11. The first kappa shape index (κ1) is 17.5. The first-order valence-corrected chi connectivity index (χ1v) is 8.51. The number of thiazole rings is 1. The SMILES string of the molecule is CN=C(NCCc1ccc(Cl)nc1)NCc1csc(N(C)C)n1. The van der Waals surface area contributed by atoms with Crippen molar-refractivity contribution in [3.05, 3.63) is 40.1 Å². The van der Waals surface area contributed by atoms with Gasteiger partial charge >= 0.3 is 0 Å². The van der Waals surface area contributed by atoms with Gasteiger partial charge in [-0.3, -0.25) is 4.99 Å². The Balaban J connectivity index is 1.75. The fourth-order valence-corrected chi connectivity index (χ4v) is 2.73. The monoisotopic (exact) mass is 352 g/mol. The van der Waals surface area contributed by atoms with Gasteiger partial charge in [0.15, 0.2) is 11.1 Å². The van der Waals surface area contributed by atoms with Gasteiger partial charge in [0.1, 0.15) is 5.15 Å². The third-order valence-corrected chi connectivity index (χ3v) is 4.36. The zero-order valence-corrected chi connectivity index (χ0v) is 15.1. The molecule has 0 unspecified atom stereocenters. The van der Waals surface area contributed by atoms with Crippen molar-refractivity contribution >= 4 is 34.0 Å². The lowest BCUT2D eigenvalue weighted by Crippen LogP contribution is -2.37. The van der Waals surface area contributed by atoms with Gasteiger partial charge in [-0.1, -0.05) is 17.7 Å². The Morgan fingerprint density at radius 2 is 2.17 bits per heavy atom. The van der Waals surface area contributed by atoms with Crippen LogP contribution in [0, 0.1) is 0 Å². The first-order valence-electron chi connectivity index (χ1n) is 7.25. The standard InChI is InChI=1S/C15H21ClN6S/c1-17-14(18-7-6-11-4-5-13(16)19-8-11)20-9-12-10-23-15(21-12)22(2)3/h4-5,8,10H,6-7,9H2,1-3H3,(H2,17,18,20). The van der Waals surface area contributed by atoms with Crippen molar-refractivity contribution in [1.82, 2.24) is 20.6 Å². The predicted octanol–water partition coefficient (Wildman–Crippen LogP) is 2.17. The summed E-state index contributed by atoms with van der Waals surface area (Å²) in [5, 5.41) is 10.1. The maximum absolute atomic E-state index is 5.78. The van der Waals surface area contributed by atoms with Crippen LogP contribution in [-0.2, 0) is 13.0 Å². The van der Waals surface area contributed by atoms with Crippen LogP contribution in [0.5, 0.6) is 0 Å². The molecule has 2 aromatic rings. The largest absolute Gasteiger partial charge is 0.356 e. The van der Waals surface area contributed by atoms with Crippen LogP contribution in [0.2, 0.25) is 5.15 Å². The molecule has 2 aromatic heterocycles. The van der Waals surface area contributed by atoms with E-state index in [2.05, 4.69) is 31.0 Å². The van der Waals surface area contributed by atoms with Gasteiger partial charge < -0.3 is 15.5 Å². The van der Waals surface area contributed by atoms with Gasteiger partial charge in [0.2, 0.25) is 0 Å². The summed E-state index contributed by atoms with van der Waals surface area (Å²) in [7, 11) is 5.73. The summed E-state index contributed by atoms with van der Waals surface area (Å²) in [5.74, 6) is 0.756. The highest BCUT2D eigenvalue weighted by molar-refractivity contribution is 7.13. The van der Waals surface area contributed by atoms with Gasteiger partial charge in [0.25, 0.3) is 0 Å². The molecule has 124 valence electrons. The Morgan fingerprint density at radius 1 is 1.35 bits per heavy atom. The van der Waals surface area contributed by atoms with Crippen LogP contribution >= 0.6 is 22.9 Å². The van der Waals surface area contributed by atoms with E-state index in [0.717, 1.165) is 35.3 Å². The number of anilines is 1. The molecule has 0 aliphatic rings. The molecule has 8 heteroatoms. The molecule has 2 N–H and O–H groups in total. The molecule has 0 amide bonds. The number of aromatic nitrogens is 2. The fraction of sp³-hybridized carbons (Fsp3) is 0.400. The number of rotatable bonds is 6. The summed E-state index contributed by atoms with van der Waals surface area (Å²) >= 11 is 7.41. The molecule has 23 heavy (non-hydrogen) atoms. The van der Waals surface area contributed by atoms with Crippen LogP contribution in [0.3, 0.4) is 0 Å². The highest BCUT2D eigenvalue weighted by atomic mass is 35.5. The van der Waals surface area contributed by atoms with E-state index in [1.807, 2.05) is 25.1 Å². The number of guanidine groups is 1.